The summed E-state index contributed by atoms with van der Waals surface area (Å²) < 4.78 is 1.64. The number of rotatable bonds is 5. The number of carbonyl (C=O) groups is 2. The lowest BCUT2D eigenvalue weighted by Crippen LogP contribution is -2.38. The van der Waals surface area contributed by atoms with Gasteiger partial charge < -0.3 is 19.8 Å². The van der Waals surface area contributed by atoms with Crippen LogP contribution < -0.4 is 5.32 Å². The van der Waals surface area contributed by atoms with E-state index < -0.39 is 16.9 Å². The van der Waals surface area contributed by atoms with Crippen LogP contribution in [-0.4, -0.2) is 43.6 Å². The zero-order chi connectivity index (χ0) is 17.3. The minimum Gasteiger partial charge on any atom is -0.477 e. The molecule has 10 nitrogen and oxygen atoms in total. The minimum atomic E-state index is -1.33. The van der Waals surface area contributed by atoms with Gasteiger partial charge in [0.25, 0.3) is 5.69 Å². The molecule has 130 valence electrons. The number of aromatic nitrogens is 2. The van der Waals surface area contributed by atoms with Gasteiger partial charge in [0.05, 0.1) is 34.7 Å². The molecule has 1 unspecified atom stereocenters. The van der Waals surface area contributed by atoms with Crippen LogP contribution in [0.2, 0.25) is 0 Å². The number of hydrogen-bond donors (Lipinski definition) is 2. The number of imidazole rings is 1. The third kappa shape index (κ3) is 3.48. The number of nitro groups is 1. The van der Waals surface area contributed by atoms with Gasteiger partial charge in [-0.05, 0) is 6.07 Å². The number of nitro benzene ring substituents is 1. The second kappa shape index (κ2) is 7.09. The fraction of sp³-hybridized carbons (Fsp3) is 0.143. The molecule has 0 radical (unpaired) electrons. The van der Waals surface area contributed by atoms with Crippen LogP contribution >= 0.6 is 12.4 Å². The van der Waals surface area contributed by atoms with Gasteiger partial charge in [-0.2, -0.15) is 0 Å². The molecule has 1 aromatic carbocycles. The van der Waals surface area contributed by atoms with Crippen LogP contribution in [0.4, 0.5) is 17.1 Å². The highest BCUT2D eigenvalue weighted by Crippen LogP contribution is 2.36. The van der Waals surface area contributed by atoms with Crippen molar-refractivity contribution < 1.29 is 19.6 Å². The molecule has 0 fully saturated rings. The molecule has 0 amide bonds. The van der Waals surface area contributed by atoms with Crippen molar-refractivity contribution in [2.45, 2.75) is 12.6 Å². The van der Waals surface area contributed by atoms with Gasteiger partial charge in [0, 0.05) is 18.5 Å². The van der Waals surface area contributed by atoms with Crippen molar-refractivity contribution in [3.63, 3.8) is 0 Å². The van der Waals surface area contributed by atoms with Crippen molar-refractivity contribution in [2.24, 2.45) is 4.99 Å². The van der Waals surface area contributed by atoms with Crippen molar-refractivity contribution in [1.29, 1.82) is 0 Å². The Balaban J connectivity index is 0.00000225. The van der Waals surface area contributed by atoms with Crippen LogP contribution in [-0.2, 0) is 16.1 Å². The molecule has 1 aromatic heterocycles. The van der Waals surface area contributed by atoms with Gasteiger partial charge in [-0.25, -0.2) is 14.8 Å². The van der Waals surface area contributed by atoms with E-state index in [1.54, 1.807) is 17.0 Å². The Kier molecular flexibility index (Phi) is 5.13. The molecule has 2 heterocycles. The van der Waals surface area contributed by atoms with Crippen molar-refractivity contribution in [2.75, 3.05) is 5.32 Å². The molecule has 1 atom stereocenters. The summed E-state index contributed by atoms with van der Waals surface area (Å²) in [6, 6.07) is 1.53. The standard InChI is InChI=1S/C14H11N5O5.ClH/c20-6-11-13(14(21)22)17-9-3-8(5-18-2-1-15-7-18)12(19(23)24)4-10(9)16-11;/h1-4,6-7,11,16H,5H2,(H,21,22);1H. The van der Waals surface area contributed by atoms with Gasteiger partial charge in [-0.3, -0.25) is 10.1 Å². The zero-order valence-corrected chi connectivity index (χ0v) is 13.3. The Labute approximate surface area is 146 Å². The molecule has 2 aromatic rings. The van der Waals surface area contributed by atoms with Gasteiger partial charge in [0.1, 0.15) is 12.3 Å². The number of fused-ring (bicyclic) bond motifs is 1. The Bertz CT molecular complexity index is 865. The molecule has 11 heteroatoms. The Hall–Kier alpha value is -3.27. The first kappa shape index (κ1) is 18.1. The average molecular weight is 366 g/mol. The predicted molar refractivity (Wildman–Crippen MR) is 89.9 cm³/mol. The van der Waals surface area contributed by atoms with E-state index >= 15 is 0 Å². The van der Waals surface area contributed by atoms with Crippen LogP contribution in [0.5, 0.6) is 0 Å². The van der Waals surface area contributed by atoms with Crippen LogP contribution in [0.1, 0.15) is 5.56 Å². The zero-order valence-electron chi connectivity index (χ0n) is 12.5. The van der Waals surface area contributed by atoms with Gasteiger partial charge in [0.15, 0.2) is 5.71 Å². The number of carboxylic acid groups (broad SMARTS) is 1. The number of aliphatic carboxylic acids is 1. The highest BCUT2D eigenvalue weighted by atomic mass is 35.5. The van der Waals surface area contributed by atoms with Crippen molar-refractivity contribution in [3.8, 4) is 0 Å². The highest BCUT2D eigenvalue weighted by molar-refractivity contribution is 6.42. The van der Waals surface area contributed by atoms with E-state index in [1.807, 2.05) is 0 Å². The molecule has 3 rings (SSSR count). The summed E-state index contributed by atoms with van der Waals surface area (Å²) in [7, 11) is 0. The Morgan fingerprint density at radius 2 is 2.24 bits per heavy atom. The number of carbonyl (C=O) groups excluding carboxylic acids is 1. The summed E-state index contributed by atoms with van der Waals surface area (Å²) in [5.74, 6) is -1.33. The van der Waals surface area contributed by atoms with Crippen molar-refractivity contribution >= 4 is 47.4 Å². The monoisotopic (exact) mass is 365 g/mol. The van der Waals surface area contributed by atoms with Gasteiger partial charge in [-0.15, -0.1) is 12.4 Å². The summed E-state index contributed by atoms with van der Waals surface area (Å²) in [5, 5.41) is 23.1. The molecule has 0 spiro atoms. The number of nitrogens with zero attached hydrogens (tertiary/aromatic N) is 4. The van der Waals surface area contributed by atoms with E-state index in [0.717, 1.165) is 0 Å². The fourth-order valence-corrected chi connectivity index (χ4v) is 2.42. The summed E-state index contributed by atoms with van der Waals surface area (Å²) in [5.41, 5.74) is 0.287. The smallest absolute Gasteiger partial charge is 0.352 e. The number of anilines is 1. The van der Waals surface area contributed by atoms with E-state index in [-0.39, 0.29) is 41.7 Å². The van der Waals surface area contributed by atoms with Crippen LogP contribution in [0.15, 0.2) is 35.8 Å². The lowest BCUT2D eigenvalue weighted by Gasteiger charge is -2.21. The first-order valence-electron chi connectivity index (χ1n) is 6.80. The molecule has 1 aliphatic rings. The molecule has 0 saturated carbocycles. The van der Waals surface area contributed by atoms with E-state index in [9.17, 15) is 19.7 Å². The molecule has 0 aliphatic carbocycles. The highest BCUT2D eigenvalue weighted by Gasteiger charge is 2.29. The molecule has 2 N–H and O–H groups in total. The first-order valence-corrected chi connectivity index (χ1v) is 6.80. The van der Waals surface area contributed by atoms with Gasteiger partial charge in [-0.1, -0.05) is 0 Å². The van der Waals surface area contributed by atoms with Crippen LogP contribution in [0, 0.1) is 10.1 Å². The SMILES string of the molecule is Cl.O=CC1Nc2cc([N+](=O)[O-])c(Cn3ccnc3)cc2N=C1C(=O)O. The number of aliphatic imine (C=N–C) groups is 1. The van der Waals surface area contributed by atoms with Gasteiger partial charge >= 0.3 is 5.97 Å². The van der Waals surface area contributed by atoms with Crippen molar-refractivity contribution in [1.82, 2.24) is 9.55 Å². The largest absolute Gasteiger partial charge is 0.477 e. The maximum Gasteiger partial charge on any atom is 0.352 e. The molecular weight excluding hydrogens is 354 g/mol. The predicted octanol–water partition coefficient (Wildman–Crippen LogP) is 1.41. The molecule has 0 saturated heterocycles. The normalized spacial score (nSPS) is 15.2. The average Bonchev–Trinajstić information content (AvgIpc) is 3.05. The summed E-state index contributed by atoms with van der Waals surface area (Å²) in [6.45, 7) is 0.179. The van der Waals surface area contributed by atoms with E-state index in [0.29, 0.717) is 11.8 Å². The van der Waals surface area contributed by atoms with Crippen LogP contribution in [0.3, 0.4) is 0 Å². The third-order valence-electron chi connectivity index (χ3n) is 3.51. The topological polar surface area (TPSA) is 140 Å². The number of benzene rings is 1. The lowest BCUT2D eigenvalue weighted by molar-refractivity contribution is -0.385. The maximum absolute atomic E-state index is 11.3. The van der Waals surface area contributed by atoms with E-state index in [1.165, 1.54) is 18.5 Å². The van der Waals surface area contributed by atoms with E-state index in [4.69, 9.17) is 5.11 Å². The third-order valence-corrected chi connectivity index (χ3v) is 3.51. The summed E-state index contributed by atoms with van der Waals surface area (Å²) in [4.78, 5) is 40.8. The molecule has 0 bridgehead atoms. The quantitative estimate of drug-likeness (QED) is 0.463. The lowest BCUT2D eigenvalue weighted by atomic mass is 10.1. The molecule has 25 heavy (non-hydrogen) atoms. The second-order valence-corrected chi connectivity index (χ2v) is 5.05. The first-order chi connectivity index (χ1) is 11.5. The summed E-state index contributed by atoms with van der Waals surface area (Å²) in [6.07, 6.45) is 5.09. The summed E-state index contributed by atoms with van der Waals surface area (Å²) >= 11 is 0. The number of aldehydes is 1. The minimum absolute atomic E-state index is 0. The maximum atomic E-state index is 11.3. The van der Waals surface area contributed by atoms with Crippen molar-refractivity contribution in [3.05, 3.63) is 46.5 Å². The number of halogens is 1. The Morgan fingerprint density at radius 1 is 1.48 bits per heavy atom. The molecular formula is C14H12ClN5O5. The number of carboxylic acids is 1. The number of nitrogens with one attached hydrogen (secondary N) is 1. The molecule has 1 aliphatic heterocycles. The van der Waals surface area contributed by atoms with Crippen LogP contribution in [0.25, 0.3) is 0 Å². The second-order valence-electron chi connectivity index (χ2n) is 5.05. The Morgan fingerprint density at radius 3 is 2.80 bits per heavy atom. The van der Waals surface area contributed by atoms with Gasteiger partial charge in [0.2, 0.25) is 0 Å². The van der Waals surface area contributed by atoms with E-state index in [2.05, 4.69) is 15.3 Å². The fourth-order valence-electron chi connectivity index (χ4n) is 2.42. The number of hydrogen-bond acceptors (Lipinski definition) is 7.